The van der Waals surface area contributed by atoms with Crippen LogP contribution < -0.4 is 0 Å². The Morgan fingerprint density at radius 3 is 2.61 bits per heavy atom. The van der Waals surface area contributed by atoms with Gasteiger partial charge in [-0.3, -0.25) is 0 Å². The normalized spacial score (nSPS) is 25.0. The number of halogens is 1. The lowest BCUT2D eigenvalue weighted by molar-refractivity contribution is -0.00590. The Morgan fingerprint density at radius 1 is 1.33 bits per heavy atom. The zero-order valence-corrected chi connectivity index (χ0v) is 12.1. The molecular formula is C12H14BrO4S-. The average Bonchev–Trinajstić information content (AvgIpc) is 2.28. The van der Waals surface area contributed by atoms with Crippen molar-refractivity contribution in [1.82, 2.24) is 0 Å². The first kappa shape index (κ1) is 14.0. The van der Waals surface area contributed by atoms with Crippen LogP contribution in [-0.2, 0) is 14.9 Å². The van der Waals surface area contributed by atoms with Crippen LogP contribution >= 0.6 is 15.9 Å². The Labute approximate surface area is 115 Å². The number of hydrogen-bond donors (Lipinski definition) is 0. The third-order valence-electron chi connectivity index (χ3n) is 3.07. The van der Waals surface area contributed by atoms with E-state index >= 15 is 0 Å². The lowest BCUT2D eigenvalue weighted by atomic mass is 9.93. The summed E-state index contributed by atoms with van der Waals surface area (Å²) in [5.74, 6) is -0.390. The summed E-state index contributed by atoms with van der Waals surface area (Å²) in [6.07, 6.45) is 1.11. The van der Waals surface area contributed by atoms with Gasteiger partial charge in [-0.2, -0.15) is 0 Å². The zero-order valence-electron chi connectivity index (χ0n) is 9.71. The van der Waals surface area contributed by atoms with Crippen molar-refractivity contribution < 1.29 is 17.7 Å². The molecular weight excluding hydrogens is 320 g/mol. The summed E-state index contributed by atoms with van der Waals surface area (Å²) >= 11 is 3.36. The van der Waals surface area contributed by atoms with Crippen LogP contribution in [0.3, 0.4) is 0 Å². The molecule has 4 nitrogen and oxygen atoms in total. The smallest absolute Gasteiger partial charge is 0.0948 e. The van der Waals surface area contributed by atoms with Crippen LogP contribution in [0.4, 0.5) is 0 Å². The number of benzene rings is 1. The molecule has 1 aromatic rings. The second-order valence-electron chi connectivity index (χ2n) is 4.53. The third-order valence-corrected chi connectivity index (χ3v) is 4.48. The second kappa shape index (κ2) is 5.69. The van der Waals surface area contributed by atoms with E-state index in [2.05, 4.69) is 15.9 Å². The maximum absolute atomic E-state index is 10.8. The summed E-state index contributed by atoms with van der Waals surface area (Å²) in [6.45, 7) is 0.501. The molecule has 2 rings (SSSR count). The van der Waals surface area contributed by atoms with Crippen molar-refractivity contribution in [3.8, 4) is 0 Å². The number of rotatable bonds is 3. The number of ether oxygens (including phenoxy) is 1. The minimum absolute atomic E-state index is 0.102. The van der Waals surface area contributed by atoms with E-state index in [9.17, 15) is 13.0 Å². The van der Waals surface area contributed by atoms with E-state index in [4.69, 9.17) is 4.74 Å². The number of hydrogen-bond acceptors (Lipinski definition) is 4. The fourth-order valence-corrected chi connectivity index (χ4v) is 3.36. The van der Waals surface area contributed by atoms with Gasteiger partial charge in [0.05, 0.1) is 16.2 Å². The molecule has 0 bridgehead atoms. The van der Waals surface area contributed by atoms with Crippen molar-refractivity contribution in [1.29, 1.82) is 0 Å². The second-order valence-corrected chi connectivity index (χ2v) is 6.89. The van der Waals surface area contributed by atoms with Crippen molar-refractivity contribution in [3.63, 3.8) is 0 Å². The molecule has 1 aliphatic heterocycles. The highest BCUT2D eigenvalue weighted by atomic mass is 79.9. The van der Waals surface area contributed by atoms with Gasteiger partial charge >= 0.3 is 0 Å². The van der Waals surface area contributed by atoms with Gasteiger partial charge in [0, 0.05) is 16.8 Å². The van der Waals surface area contributed by atoms with E-state index in [1.54, 1.807) is 0 Å². The van der Waals surface area contributed by atoms with Gasteiger partial charge in [-0.1, -0.05) is 28.1 Å². The molecule has 2 unspecified atom stereocenters. The lowest BCUT2D eigenvalue weighted by Gasteiger charge is -2.30. The summed E-state index contributed by atoms with van der Waals surface area (Å²) in [7, 11) is -4.15. The van der Waals surface area contributed by atoms with Gasteiger partial charge in [-0.05, 0) is 36.5 Å². The van der Waals surface area contributed by atoms with Gasteiger partial charge in [-0.25, -0.2) is 8.42 Å². The van der Waals surface area contributed by atoms with Crippen molar-refractivity contribution in [2.24, 2.45) is 5.92 Å². The molecule has 6 heteroatoms. The highest BCUT2D eigenvalue weighted by Gasteiger charge is 2.25. The minimum Gasteiger partial charge on any atom is -0.748 e. The fourth-order valence-electron chi connectivity index (χ4n) is 2.22. The summed E-state index contributed by atoms with van der Waals surface area (Å²) in [6, 6.07) is 7.74. The quantitative estimate of drug-likeness (QED) is 0.797. The molecule has 1 fully saturated rings. The predicted molar refractivity (Wildman–Crippen MR) is 70.1 cm³/mol. The molecule has 1 heterocycles. The predicted octanol–water partition coefficient (Wildman–Crippen LogP) is 2.46. The Balaban J connectivity index is 2.04. The van der Waals surface area contributed by atoms with E-state index < -0.39 is 10.1 Å². The van der Waals surface area contributed by atoms with Crippen LogP contribution in [0.25, 0.3) is 0 Å². The lowest BCUT2D eigenvalue weighted by Crippen LogP contribution is -2.25. The molecule has 2 atom stereocenters. The summed E-state index contributed by atoms with van der Waals surface area (Å²) in [5, 5.41) is 0. The van der Waals surface area contributed by atoms with E-state index in [1.165, 1.54) is 0 Å². The molecule has 0 N–H and O–H groups in total. The SMILES string of the molecule is O=S(=O)([O-])CC1CCOC(c2ccc(Br)cc2)C1. The largest absolute Gasteiger partial charge is 0.748 e. The minimum atomic E-state index is -4.15. The molecule has 1 aliphatic rings. The molecule has 0 amide bonds. The first-order chi connectivity index (χ1) is 8.44. The van der Waals surface area contributed by atoms with Gasteiger partial charge in [0.1, 0.15) is 0 Å². The molecule has 0 saturated carbocycles. The van der Waals surface area contributed by atoms with Gasteiger partial charge in [0.2, 0.25) is 0 Å². The zero-order chi connectivity index (χ0) is 13.2. The Morgan fingerprint density at radius 2 is 2.00 bits per heavy atom. The molecule has 0 aromatic heterocycles. The topological polar surface area (TPSA) is 66.4 Å². The molecule has 0 aliphatic carbocycles. The standard InChI is InChI=1S/C12H15BrO4S/c13-11-3-1-10(2-4-11)12-7-9(5-6-17-12)8-18(14,15)16/h1-4,9,12H,5-8H2,(H,14,15,16)/p-1. The third kappa shape index (κ3) is 4.05. The summed E-state index contributed by atoms with van der Waals surface area (Å²) in [4.78, 5) is 0. The molecule has 0 radical (unpaired) electrons. The average molecular weight is 334 g/mol. The van der Waals surface area contributed by atoms with Crippen molar-refractivity contribution in [2.75, 3.05) is 12.4 Å². The summed E-state index contributed by atoms with van der Waals surface area (Å²) in [5.41, 5.74) is 1.02. The molecule has 0 spiro atoms. The van der Waals surface area contributed by atoms with Gasteiger partial charge < -0.3 is 9.29 Å². The highest BCUT2D eigenvalue weighted by Crippen LogP contribution is 2.32. The first-order valence-corrected chi connectivity index (χ1v) is 8.12. The van der Waals surface area contributed by atoms with E-state index in [0.717, 1.165) is 10.0 Å². The Kier molecular flexibility index (Phi) is 4.42. The van der Waals surface area contributed by atoms with Crippen LogP contribution in [0, 0.1) is 5.92 Å². The first-order valence-electron chi connectivity index (χ1n) is 5.75. The van der Waals surface area contributed by atoms with Crippen LogP contribution in [0.15, 0.2) is 28.7 Å². The van der Waals surface area contributed by atoms with Crippen LogP contribution in [0.1, 0.15) is 24.5 Å². The van der Waals surface area contributed by atoms with Crippen LogP contribution in [-0.4, -0.2) is 25.3 Å². The Bertz CT molecular complexity index is 497. The van der Waals surface area contributed by atoms with Gasteiger partial charge in [0.25, 0.3) is 0 Å². The summed E-state index contributed by atoms with van der Waals surface area (Å²) < 4.78 is 39.0. The van der Waals surface area contributed by atoms with Crippen molar-refractivity contribution in [3.05, 3.63) is 34.3 Å². The maximum Gasteiger partial charge on any atom is 0.0948 e. The van der Waals surface area contributed by atoms with Crippen molar-refractivity contribution in [2.45, 2.75) is 18.9 Å². The molecule has 100 valence electrons. The monoisotopic (exact) mass is 333 g/mol. The maximum atomic E-state index is 10.8. The molecule has 1 aromatic carbocycles. The van der Waals surface area contributed by atoms with Crippen LogP contribution in [0.2, 0.25) is 0 Å². The van der Waals surface area contributed by atoms with Gasteiger partial charge in [0.15, 0.2) is 0 Å². The van der Waals surface area contributed by atoms with E-state index in [-0.39, 0.29) is 17.8 Å². The van der Waals surface area contributed by atoms with Crippen LogP contribution in [0.5, 0.6) is 0 Å². The fraction of sp³-hybridized carbons (Fsp3) is 0.500. The Hall–Kier alpha value is -0.430. The van der Waals surface area contributed by atoms with Crippen molar-refractivity contribution >= 4 is 26.0 Å². The van der Waals surface area contributed by atoms with Gasteiger partial charge in [-0.15, -0.1) is 0 Å². The van der Waals surface area contributed by atoms with E-state index in [1.807, 2.05) is 24.3 Å². The molecule has 1 saturated heterocycles. The highest BCUT2D eigenvalue weighted by molar-refractivity contribution is 9.10. The molecule has 18 heavy (non-hydrogen) atoms. The van der Waals surface area contributed by atoms with E-state index in [0.29, 0.717) is 19.4 Å².